The van der Waals surface area contributed by atoms with Crippen molar-refractivity contribution in [2.75, 3.05) is 37.7 Å². The van der Waals surface area contributed by atoms with Crippen molar-refractivity contribution in [3.05, 3.63) is 102 Å². The van der Waals surface area contributed by atoms with Gasteiger partial charge in [0.15, 0.2) is 23.0 Å². The van der Waals surface area contributed by atoms with Gasteiger partial charge in [0.2, 0.25) is 0 Å². The maximum atomic E-state index is 14.2. The maximum Gasteiger partial charge on any atom is 0.264 e. The van der Waals surface area contributed by atoms with Crippen LogP contribution in [0.5, 0.6) is 23.0 Å². The number of hydrogen-bond donors (Lipinski definition) is 2. The molecule has 0 aliphatic heterocycles. The summed E-state index contributed by atoms with van der Waals surface area (Å²) in [6.07, 6.45) is 2.19. The van der Waals surface area contributed by atoms with E-state index in [-0.39, 0.29) is 53.3 Å². The largest absolute Gasteiger partial charge is 0.493 e. The van der Waals surface area contributed by atoms with Gasteiger partial charge in [-0.3, -0.25) is 14.1 Å². The van der Waals surface area contributed by atoms with Crippen LogP contribution in [0.1, 0.15) is 29.9 Å². The number of amides is 1. The van der Waals surface area contributed by atoms with Gasteiger partial charge in [-0.1, -0.05) is 50.2 Å². The number of para-hydroxylation sites is 2. The Hall–Kier alpha value is -4.61. The normalized spacial score (nSPS) is 11.2. The Kier molecular flexibility index (Phi) is 11.2. The van der Waals surface area contributed by atoms with E-state index in [9.17, 15) is 18.3 Å². The fourth-order valence-corrected chi connectivity index (χ4v) is 6.06. The van der Waals surface area contributed by atoms with Crippen molar-refractivity contribution in [1.29, 1.82) is 0 Å². The van der Waals surface area contributed by atoms with Gasteiger partial charge in [-0.15, -0.1) is 0 Å². The zero-order valence-corrected chi connectivity index (χ0v) is 25.8. The lowest BCUT2D eigenvalue weighted by Gasteiger charge is -2.29. The van der Waals surface area contributed by atoms with E-state index < -0.39 is 15.9 Å². The van der Waals surface area contributed by atoms with E-state index in [1.54, 1.807) is 48.7 Å². The fraction of sp³-hybridized carbons (Fsp3) is 0.273. The number of aliphatic hydroxyl groups is 1. The SMILES string of the molecule is COc1ccccc1Oc1c(OCCO)cc(C(=O)NCCc2ccccn2)cc1N(CC(C)C)S(=O)(=O)c1ccccc1. The zero-order valence-electron chi connectivity index (χ0n) is 25.0. The molecule has 0 aliphatic carbocycles. The topological polar surface area (TPSA) is 127 Å². The molecular formula is C33H37N3O7S. The summed E-state index contributed by atoms with van der Waals surface area (Å²) in [7, 11) is -2.64. The molecule has 232 valence electrons. The number of benzene rings is 3. The number of aromatic nitrogens is 1. The second-order valence-electron chi connectivity index (χ2n) is 10.2. The molecule has 2 N–H and O–H groups in total. The Morgan fingerprint density at radius 1 is 0.955 bits per heavy atom. The number of carbonyl (C=O) groups is 1. The van der Waals surface area contributed by atoms with Gasteiger partial charge >= 0.3 is 0 Å². The maximum absolute atomic E-state index is 14.2. The van der Waals surface area contributed by atoms with E-state index in [0.29, 0.717) is 24.5 Å². The first kappa shape index (κ1) is 32.3. The van der Waals surface area contributed by atoms with Gasteiger partial charge in [-0.25, -0.2) is 8.42 Å². The van der Waals surface area contributed by atoms with Crippen LogP contribution in [0.25, 0.3) is 0 Å². The molecule has 1 aromatic heterocycles. The average molecular weight is 620 g/mol. The first-order valence-corrected chi connectivity index (χ1v) is 15.7. The highest BCUT2D eigenvalue weighted by Gasteiger charge is 2.31. The monoisotopic (exact) mass is 619 g/mol. The lowest BCUT2D eigenvalue weighted by Crippen LogP contribution is -2.35. The summed E-state index contributed by atoms with van der Waals surface area (Å²) >= 11 is 0. The van der Waals surface area contributed by atoms with Gasteiger partial charge in [-0.05, 0) is 54.4 Å². The number of hydrogen-bond acceptors (Lipinski definition) is 8. The Labute approximate surface area is 258 Å². The van der Waals surface area contributed by atoms with E-state index >= 15 is 0 Å². The molecule has 0 spiro atoms. The Morgan fingerprint density at radius 2 is 1.66 bits per heavy atom. The molecule has 0 unspecified atom stereocenters. The average Bonchev–Trinajstić information content (AvgIpc) is 3.04. The van der Waals surface area contributed by atoms with E-state index in [0.717, 1.165) is 5.69 Å². The Balaban J connectivity index is 1.87. The summed E-state index contributed by atoms with van der Waals surface area (Å²) in [5.41, 5.74) is 1.07. The van der Waals surface area contributed by atoms with Crippen LogP contribution in [-0.4, -0.2) is 57.8 Å². The Bertz CT molecular complexity index is 1630. The van der Waals surface area contributed by atoms with Crippen molar-refractivity contribution in [2.24, 2.45) is 5.92 Å². The van der Waals surface area contributed by atoms with Crippen LogP contribution < -0.4 is 23.8 Å². The van der Waals surface area contributed by atoms with E-state index in [1.807, 2.05) is 32.0 Å². The van der Waals surface area contributed by atoms with Crippen LogP contribution in [0.4, 0.5) is 5.69 Å². The minimum atomic E-state index is -4.14. The predicted molar refractivity (Wildman–Crippen MR) is 168 cm³/mol. The van der Waals surface area contributed by atoms with Crippen molar-refractivity contribution in [1.82, 2.24) is 10.3 Å². The third-order valence-corrected chi connectivity index (χ3v) is 8.25. The number of aliphatic hydroxyl groups excluding tert-OH is 1. The van der Waals surface area contributed by atoms with Gasteiger partial charge < -0.3 is 24.6 Å². The van der Waals surface area contributed by atoms with Gasteiger partial charge in [0.05, 0.1) is 24.3 Å². The standard InChI is InChI=1S/C33H37N3O7S/c1-24(2)23-36(44(39,40)27-12-5-4-6-13-27)28-21-25(33(38)35-18-16-26-11-9-10-17-34-26)22-31(42-20-19-37)32(28)43-30-15-8-7-14-29(30)41-3/h4-15,17,21-22,24,37H,16,18-20,23H2,1-3H3,(H,35,38). The van der Waals surface area contributed by atoms with Crippen molar-refractivity contribution < 1.29 is 32.5 Å². The molecule has 10 nitrogen and oxygen atoms in total. The molecule has 1 amide bonds. The highest BCUT2D eigenvalue weighted by Crippen LogP contribution is 2.45. The molecular weight excluding hydrogens is 582 g/mol. The highest BCUT2D eigenvalue weighted by molar-refractivity contribution is 7.92. The number of methoxy groups -OCH3 is 1. The first-order chi connectivity index (χ1) is 21.2. The quantitative estimate of drug-likeness (QED) is 0.189. The van der Waals surface area contributed by atoms with Gasteiger partial charge in [0.25, 0.3) is 15.9 Å². The number of ether oxygens (including phenoxy) is 3. The minimum Gasteiger partial charge on any atom is -0.493 e. The van der Waals surface area contributed by atoms with Crippen LogP contribution in [0, 0.1) is 5.92 Å². The summed E-state index contributed by atoms with van der Waals surface area (Å²) in [6.45, 7) is 3.72. The van der Waals surface area contributed by atoms with Crippen molar-refractivity contribution in [3.63, 3.8) is 0 Å². The van der Waals surface area contributed by atoms with Gasteiger partial charge in [-0.2, -0.15) is 0 Å². The fourth-order valence-electron chi connectivity index (χ4n) is 4.41. The van der Waals surface area contributed by atoms with Crippen LogP contribution in [-0.2, 0) is 16.4 Å². The number of sulfonamides is 1. The van der Waals surface area contributed by atoms with Crippen molar-refractivity contribution >= 4 is 21.6 Å². The van der Waals surface area contributed by atoms with E-state index in [2.05, 4.69) is 10.3 Å². The second-order valence-corrected chi connectivity index (χ2v) is 12.1. The number of nitrogens with one attached hydrogen (secondary N) is 1. The van der Waals surface area contributed by atoms with Gasteiger partial charge in [0.1, 0.15) is 6.61 Å². The molecule has 4 rings (SSSR count). The molecule has 1 heterocycles. The van der Waals surface area contributed by atoms with Crippen molar-refractivity contribution in [3.8, 4) is 23.0 Å². The van der Waals surface area contributed by atoms with E-state index in [4.69, 9.17) is 14.2 Å². The third-order valence-electron chi connectivity index (χ3n) is 6.45. The molecule has 0 saturated carbocycles. The Morgan fingerprint density at radius 3 is 2.32 bits per heavy atom. The summed E-state index contributed by atoms with van der Waals surface area (Å²) in [5.74, 6) is 0.290. The third kappa shape index (κ3) is 8.06. The molecule has 0 fully saturated rings. The van der Waals surface area contributed by atoms with Crippen molar-refractivity contribution in [2.45, 2.75) is 25.2 Å². The smallest absolute Gasteiger partial charge is 0.264 e. The number of carbonyl (C=O) groups excluding carboxylic acids is 1. The number of nitrogens with zero attached hydrogens (tertiary/aromatic N) is 2. The molecule has 0 bridgehead atoms. The summed E-state index contributed by atoms with van der Waals surface area (Å²) in [5, 5.41) is 12.5. The second kappa shape index (κ2) is 15.2. The molecule has 3 aromatic carbocycles. The molecule has 0 saturated heterocycles. The summed E-state index contributed by atoms with van der Waals surface area (Å²) < 4.78 is 47.3. The zero-order chi connectivity index (χ0) is 31.5. The minimum absolute atomic E-state index is 0.0492. The number of pyridine rings is 1. The van der Waals surface area contributed by atoms with Crippen LogP contribution in [0.3, 0.4) is 0 Å². The highest BCUT2D eigenvalue weighted by atomic mass is 32.2. The van der Waals surface area contributed by atoms with Crippen LogP contribution >= 0.6 is 0 Å². The molecule has 0 radical (unpaired) electrons. The molecule has 44 heavy (non-hydrogen) atoms. The molecule has 11 heteroatoms. The molecule has 0 aliphatic rings. The van der Waals surface area contributed by atoms with E-state index in [1.165, 1.54) is 35.7 Å². The lowest BCUT2D eigenvalue weighted by molar-refractivity contribution is 0.0953. The summed E-state index contributed by atoms with van der Waals surface area (Å²) in [6, 6.07) is 23.5. The van der Waals surface area contributed by atoms with Crippen LogP contribution in [0.15, 0.2) is 96.0 Å². The van der Waals surface area contributed by atoms with Gasteiger partial charge in [0, 0.05) is 37.0 Å². The predicted octanol–water partition coefficient (Wildman–Crippen LogP) is 5.08. The number of rotatable bonds is 15. The number of anilines is 1. The van der Waals surface area contributed by atoms with Crippen LogP contribution in [0.2, 0.25) is 0 Å². The molecule has 0 atom stereocenters. The lowest BCUT2D eigenvalue weighted by atomic mass is 10.1. The first-order valence-electron chi connectivity index (χ1n) is 14.2. The molecule has 4 aromatic rings. The summed E-state index contributed by atoms with van der Waals surface area (Å²) in [4.78, 5) is 17.8.